The fourth-order valence-electron chi connectivity index (χ4n) is 1.70. The highest BCUT2D eigenvalue weighted by molar-refractivity contribution is 5.76. The molecule has 18 heavy (non-hydrogen) atoms. The van der Waals surface area contributed by atoms with Gasteiger partial charge in [-0.25, -0.2) is 0 Å². The molecule has 0 rings (SSSR count). The average molecular weight is 255 g/mol. The molecule has 0 bridgehead atoms. The van der Waals surface area contributed by atoms with Gasteiger partial charge in [-0.15, -0.1) is 0 Å². The van der Waals surface area contributed by atoms with Crippen molar-refractivity contribution in [1.29, 1.82) is 5.26 Å². The number of nitriles is 1. The third-order valence-electron chi connectivity index (χ3n) is 2.92. The van der Waals surface area contributed by atoms with E-state index in [9.17, 15) is 4.79 Å². The van der Waals surface area contributed by atoms with E-state index in [2.05, 4.69) is 13.0 Å². The first-order valence-corrected chi connectivity index (χ1v) is 6.49. The van der Waals surface area contributed by atoms with Crippen molar-refractivity contribution >= 4 is 5.91 Å². The normalized spacial score (nSPS) is 11.9. The number of hydrogen-bond donors (Lipinski definition) is 1. The van der Waals surface area contributed by atoms with E-state index in [-0.39, 0.29) is 5.91 Å². The lowest BCUT2D eigenvalue weighted by Gasteiger charge is -2.22. The van der Waals surface area contributed by atoms with Crippen molar-refractivity contribution in [1.82, 2.24) is 4.90 Å². The molecule has 1 atom stereocenters. The Labute approximate surface area is 110 Å². The zero-order chi connectivity index (χ0) is 13.8. The number of methoxy groups -OCH3 is 1. The highest BCUT2D eigenvalue weighted by Gasteiger charge is 2.14. The summed E-state index contributed by atoms with van der Waals surface area (Å²) in [6, 6.07) is 2.06. The minimum absolute atomic E-state index is 0.103. The lowest BCUT2D eigenvalue weighted by Crippen LogP contribution is -2.34. The number of rotatable bonds is 10. The summed E-state index contributed by atoms with van der Waals surface area (Å²) in [4.78, 5) is 13.7. The van der Waals surface area contributed by atoms with E-state index in [0.29, 0.717) is 45.0 Å². The molecule has 5 nitrogen and oxygen atoms in total. The zero-order valence-corrected chi connectivity index (χ0v) is 11.5. The molecule has 2 N–H and O–H groups in total. The van der Waals surface area contributed by atoms with Crippen LogP contribution >= 0.6 is 0 Å². The Morgan fingerprint density at radius 1 is 1.44 bits per heavy atom. The Hall–Kier alpha value is -1.12. The topological polar surface area (TPSA) is 79.3 Å². The zero-order valence-electron chi connectivity index (χ0n) is 11.5. The van der Waals surface area contributed by atoms with Gasteiger partial charge >= 0.3 is 0 Å². The monoisotopic (exact) mass is 255 g/mol. The van der Waals surface area contributed by atoms with Crippen molar-refractivity contribution in [2.24, 2.45) is 11.7 Å². The van der Waals surface area contributed by atoms with E-state index in [4.69, 9.17) is 15.7 Å². The Bertz CT molecular complexity index is 263. The molecule has 1 amide bonds. The molecule has 104 valence electrons. The van der Waals surface area contributed by atoms with Crippen LogP contribution in [0.5, 0.6) is 0 Å². The molecule has 5 heteroatoms. The van der Waals surface area contributed by atoms with Gasteiger partial charge in [-0.2, -0.15) is 5.26 Å². The first-order chi connectivity index (χ1) is 8.65. The summed E-state index contributed by atoms with van der Waals surface area (Å²) >= 11 is 0. The van der Waals surface area contributed by atoms with Crippen LogP contribution in [0.25, 0.3) is 0 Å². The molecule has 0 saturated heterocycles. The van der Waals surface area contributed by atoms with Crippen LogP contribution in [0.2, 0.25) is 0 Å². The van der Waals surface area contributed by atoms with Gasteiger partial charge in [-0.3, -0.25) is 4.79 Å². The summed E-state index contributed by atoms with van der Waals surface area (Å²) in [6.07, 6.45) is 2.69. The molecule has 0 fully saturated rings. The highest BCUT2D eigenvalue weighted by atomic mass is 16.5. The molecule has 0 radical (unpaired) electrons. The summed E-state index contributed by atoms with van der Waals surface area (Å²) < 4.78 is 4.97. The molecule has 0 aliphatic heterocycles. The summed E-state index contributed by atoms with van der Waals surface area (Å²) in [5.74, 6) is 0.574. The van der Waals surface area contributed by atoms with Gasteiger partial charge in [0.25, 0.3) is 0 Å². The number of carbonyl (C=O) groups is 1. The molecule has 0 aromatic heterocycles. The fourth-order valence-corrected chi connectivity index (χ4v) is 1.70. The maximum absolute atomic E-state index is 12.0. The van der Waals surface area contributed by atoms with Crippen LogP contribution in [-0.4, -0.2) is 44.2 Å². The van der Waals surface area contributed by atoms with Crippen molar-refractivity contribution in [3.05, 3.63) is 0 Å². The van der Waals surface area contributed by atoms with E-state index in [0.717, 1.165) is 12.8 Å². The Balaban J connectivity index is 4.07. The Morgan fingerprint density at radius 3 is 2.72 bits per heavy atom. The van der Waals surface area contributed by atoms with Gasteiger partial charge in [0.15, 0.2) is 0 Å². The van der Waals surface area contributed by atoms with Gasteiger partial charge in [0, 0.05) is 26.6 Å². The third kappa shape index (κ3) is 8.04. The number of hydrogen-bond acceptors (Lipinski definition) is 4. The summed E-state index contributed by atoms with van der Waals surface area (Å²) in [7, 11) is 1.61. The molecule has 0 aliphatic rings. The second-order valence-electron chi connectivity index (χ2n) is 4.50. The lowest BCUT2D eigenvalue weighted by molar-refractivity contribution is -0.132. The standard InChI is InChI=1S/C13H25N3O2/c1-12(6-8-15)4-5-13(17)16(9-3-7-14)10-11-18-2/h12H,3-6,8-11,15H2,1-2H3. The van der Waals surface area contributed by atoms with E-state index in [1.54, 1.807) is 12.0 Å². The third-order valence-corrected chi connectivity index (χ3v) is 2.92. The lowest BCUT2D eigenvalue weighted by atomic mass is 10.0. The van der Waals surface area contributed by atoms with Gasteiger partial charge < -0.3 is 15.4 Å². The van der Waals surface area contributed by atoms with Crippen LogP contribution in [0.15, 0.2) is 0 Å². The van der Waals surface area contributed by atoms with Gasteiger partial charge in [0.1, 0.15) is 0 Å². The molecule has 1 unspecified atom stereocenters. The van der Waals surface area contributed by atoms with E-state index in [1.807, 2.05) is 0 Å². The number of nitrogens with zero attached hydrogens (tertiary/aromatic N) is 2. The fraction of sp³-hybridized carbons (Fsp3) is 0.846. The van der Waals surface area contributed by atoms with Gasteiger partial charge in [-0.1, -0.05) is 6.92 Å². The van der Waals surface area contributed by atoms with Crippen LogP contribution in [0.4, 0.5) is 0 Å². The first-order valence-electron chi connectivity index (χ1n) is 6.49. The second-order valence-corrected chi connectivity index (χ2v) is 4.50. The molecule has 0 saturated carbocycles. The minimum Gasteiger partial charge on any atom is -0.383 e. The van der Waals surface area contributed by atoms with Gasteiger partial charge in [0.2, 0.25) is 5.91 Å². The summed E-state index contributed by atoms with van der Waals surface area (Å²) in [5, 5.41) is 8.58. The van der Waals surface area contributed by atoms with Gasteiger partial charge in [0.05, 0.1) is 19.1 Å². The first kappa shape index (κ1) is 16.9. The predicted octanol–water partition coefficient (Wildman–Crippen LogP) is 1.14. The summed E-state index contributed by atoms with van der Waals surface area (Å²) in [6.45, 7) is 4.33. The smallest absolute Gasteiger partial charge is 0.222 e. The summed E-state index contributed by atoms with van der Waals surface area (Å²) in [5.41, 5.74) is 5.48. The average Bonchev–Trinajstić information content (AvgIpc) is 2.36. The van der Waals surface area contributed by atoms with E-state index < -0.39 is 0 Å². The maximum atomic E-state index is 12.0. The minimum atomic E-state index is 0.103. The molecular formula is C13H25N3O2. The van der Waals surface area contributed by atoms with Crippen molar-refractivity contribution in [3.8, 4) is 6.07 Å². The highest BCUT2D eigenvalue weighted by Crippen LogP contribution is 2.10. The Kier molecular flexibility index (Phi) is 10.3. The molecular weight excluding hydrogens is 230 g/mol. The number of amides is 1. The Morgan fingerprint density at radius 2 is 2.17 bits per heavy atom. The van der Waals surface area contributed by atoms with Crippen LogP contribution in [0.3, 0.4) is 0 Å². The quantitative estimate of drug-likeness (QED) is 0.635. The van der Waals surface area contributed by atoms with Gasteiger partial charge in [-0.05, 0) is 25.3 Å². The molecule has 0 heterocycles. The molecule has 0 spiro atoms. The number of nitrogens with two attached hydrogens (primary N) is 1. The molecule has 0 aromatic rings. The predicted molar refractivity (Wildman–Crippen MR) is 70.8 cm³/mol. The van der Waals surface area contributed by atoms with E-state index in [1.165, 1.54) is 0 Å². The van der Waals surface area contributed by atoms with Crippen molar-refractivity contribution < 1.29 is 9.53 Å². The second kappa shape index (κ2) is 11.0. The molecule has 0 aromatic carbocycles. The van der Waals surface area contributed by atoms with E-state index >= 15 is 0 Å². The van der Waals surface area contributed by atoms with Crippen LogP contribution in [0, 0.1) is 17.2 Å². The molecule has 0 aliphatic carbocycles. The largest absolute Gasteiger partial charge is 0.383 e. The number of carbonyl (C=O) groups excluding carboxylic acids is 1. The number of ether oxygens (including phenoxy) is 1. The van der Waals surface area contributed by atoms with Crippen molar-refractivity contribution in [2.75, 3.05) is 33.4 Å². The van der Waals surface area contributed by atoms with Crippen molar-refractivity contribution in [2.45, 2.75) is 32.6 Å². The SMILES string of the molecule is COCCN(CCC#N)C(=O)CCC(C)CCN. The van der Waals surface area contributed by atoms with Crippen LogP contribution < -0.4 is 5.73 Å². The van der Waals surface area contributed by atoms with Crippen LogP contribution in [-0.2, 0) is 9.53 Å². The maximum Gasteiger partial charge on any atom is 0.222 e. The van der Waals surface area contributed by atoms with Crippen molar-refractivity contribution in [3.63, 3.8) is 0 Å². The van der Waals surface area contributed by atoms with Crippen LogP contribution in [0.1, 0.15) is 32.6 Å².